The third-order valence-electron chi connectivity index (χ3n) is 0.824. The molecule has 0 aromatic carbocycles. The highest BCUT2D eigenvalue weighted by atomic mass is 14.7. The fourth-order valence-corrected chi connectivity index (χ4v) is 0.437. The molecule has 0 radical (unpaired) electrons. The van der Waals surface area contributed by atoms with E-state index in [0.717, 1.165) is 19.2 Å². The topological polar surface area (TPSA) is 36.2 Å². The van der Waals surface area contributed by atoms with Gasteiger partial charge in [-0.25, -0.2) is 4.99 Å². The average molecular weight is 124 g/mol. The smallest absolute Gasteiger partial charge is 0.106 e. The van der Waals surface area contributed by atoms with Crippen LogP contribution in [0.3, 0.4) is 0 Å². The van der Waals surface area contributed by atoms with Gasteiger partial charge >= 0.3 is 0 Å². The Kier molecular flexibility index (Phi) is 6.36. The van der Waals surface area contributed by atoms with Gasteiger partial charge in [-0.2, -0.15) is 0 Å². The van der Waals surface area contributed by atoms with Gasteiger partial charge in [-0.15, -0.1) is 0 Å². The third kappa shape index (κ3) is 7.08. The van der Waals surface area contributed by atoms with Gasteiger partial charge in [0.2, 0.25) is 0 Å². The Hall–Kier alpha value is -0.920. The molecule has 0 aromatic rings. The molecule has 0 bridgehead atoms. The van der Waals surface area contributed by atoms with E-state index in [2.05, 4.69) is 18.0 Å². The molecular formula is C7H12N2. The largest absolute Gasteiger partial charge is 0.290 e. The molecule has 50 valence electrons. The lowest BCUT2D eigenvalue weighted by Gasteiger charge is -1.77. The van der Waals surface area contributed by atoms with E-state index < -0.39 is 0 Å². The van der Waals surface area contributed by atoms with E-state index in [1.165, 1.54) is 0 Å². The molecule has 0 aromatic heterocycles. The summed E-state index contributed by atoms with van der Waals surface area (Å²) in [7, 11) is 0. The van der Waals surface area contributed by atoms with Crippen LogP contribution in [-0.4, -0.2) is 12.6 Å². The first-order chi connectivity index (χ1) is 4.41. The van der Waals surface area contributed by atoms with Gasteiger partial charge in [0.15, 0.2) is 0 Å². The van der Waals surface area contributed by atoms with Gasteiger partial charge in [0.1, 0.15) is 6.34 Å². The van der Waals surface area contributed by atoms with Gasteiger partial charge < -0.3 is 0 Å². The van der Waals surface area contributed by atoms with Crippen molar-refractivity contribution in [1.29, 1.82) is 5.41 Å². The van der Waals surface area contributed by atoms with Crippen molar-refractivity contribution < 1.29 is 0 Å². The molecule has 1 N–H and O–H groups in total. The number of hydrogen-bond acceptors (Lipinski definition) is 1. The molecule has 0 rings (SSSR count). The first kappa shape index (κ1) is 8.08. The third-order valence-corrected chi connectivity index (χ3v) is 0.824. The van der Waals surface area contributed by atoms with Gasteiger partial charge in [-0.05, 0) is 6.42 Å². The van der Waals surface area contributed by atoms with Gasteiger partial charge in [0.25, 0.3) is 0 Å². The Morgan fingerprint density at radius 1 is 1.44 bits per heavy atom. The zero-order valence-electron chi connectivity index (χ0n) is 5.67. The van der Waals surface area contributed by atoms with Crippen LogP contribution < -0.4 is 0 Å². The summed E-state index contributed by atoms with van der Waals surface area (Å²) in [5, 5.41) is 6.54. The van der Waals surface area contributed by atoms with E-state index in [-0.39, 0.29) is 0 Å². The zero-order valence-corrected chi connectivity index (χ0v) is 5.67. The SMILES string of the molecule is CC/C=C\C/C=N\C=N. The van der Waals surface area contributed by atoms with Crippen LogP contribution in [0.25, 0.3) is 0 Å². The molecule has 0 saturated carbocycles. The lowest BCUT2D eigenvalue weighted by Crippen LogP contribution is -1.69. The maximum absolute atomic E-state index is 6.54. The van der Waals surface area contributed by atoms with Crippen molar-refractivity contribution in [2.75, 3.05) is 0 Å². The van der Waals surface area contributed by atoms with Crippen molar-refractivity contribution in [3.05, 3.63) is 12.2 Å². The van der Waals surface area contributed by atoms with E-state index in [4.69, 9.17) is 5.41 Å². The van der Waals surface area contributed by atoms with Crippen LogP contribution in [0, 0.1) is 5.41 Å². The first-order valence-corrected chi connectivity index (χ1v) is 3.07. The molecule has 0 aliphatic carbocycles. The highest BCUT2D eigenvalue weighted by Gasteiger charge is 1.67. The predicted molar refractivity (Wildman–Crippen MR) is 41.3 cm³/mol. The standard InChI is InChI=1S/C7H12N2/c1-2-3-4-5-6-9-7-8/h3-4,6-8H,2,5H2,1H3/b4-3-,8-7?,9-6-. The number of rotatable bonds is 4. The zero-order chi connectivity index (χ0) is 6.95. The lowest BCUT2D eigenvalue weighted by atomic mass is 10.3. The Labute approximate surface area is 55.8 Å². The minimum atomic E-state index is 0.837. The van der Waals surface area contributed by atoms with Gasteiger partial charge in [0, 0.05) is 12.6 Å². The van der Waals surface area contributed by atoms with Crippen LogP contribution in [0.5, 0.6) is 0 Å². The van der Waals surface area contributed by atoms with Crippen molar-refractivity contribution in [3.8, 4) is 0 Å². The highest BCUT2D eigenvalue weighted by Crippen LogP contribution is 1.81. The van der Waals surface area contributed by atoms with Crippen LogP contribution in [0.4, 0.5) is 0 Å². The molecule has 0 unspecified atom stereocenters. The summed E-state index contributed by atoms with van der Waals surface area (Å²) in [6.07, 6.45) is 8.77. The maximum Gasteiger partial charge on any atom is 0.106 e. The summed E-state index contributed by atoms with van der Waals surface area (Å²) in [5.74, 6) is 0. The fourth-order valence-electron chi connectivity index (χ4n) is 0.437. The molecule has 2 nitrogen and oxygen atoms in total. The molecule has 0 fully saturated rings. The van der Waals surface area contributed by atoms with E-state index >= 15 is 0 Å². The Morgan fingerprint density at radius 3 is 2.78 bits per heavy atom. The van der Waals surface area contributed by atoms with Crippen LogP contribution in [0.15, 0.2) is 17.1 Å². The van der Waals surface area contributed by atoms with Crippen LogP contribution in [0.2, 0.25) is 0 Å². The summed E-state index contributed by atoms with van der Waals surface area (Å²) < 4.78 is 0. The molecule has 0 atom stereocenters. The second-order valence-electron chi connectivity index (χ2n) is 1.58. The number of nitrogens with zero attached hydrogens (tertiary/aromatic N) is 1. The summed E-state index contributed by atoms with van der Waals surface area (Å²) in [5.41, 5.74) is 0. The number of nitrogens with one attached hydrogen (secondary N) is 1. The van der Waals surface area contributed by atoms with E-state index in [9.17, 15) is 0 Å². The highest BCUT2D eigenvalue weighted by molar-refractivity contribution is 5.71. The molecule has 0 spiro atoms. The second-order valence-corrected chi connectivity index (χ2v) is 1.58. The summed E-state index contributed by atoms with van der Waals surface area (Å²) in [6, 6.07) is 0. The number of aliphatic imine (C=N–C) groups is 1. The molecule has 0 saturated heterocycles. The molecular weight excluding hydrogens is 112 g/mol. The van der Waals surface area contributed by atoms with Crippen molar-refractivity contribution in [1.82, 2.24) is 0 Å². The molecule has 0 aliphatic heterocycles. The second kappa shape index (κ2) is 7.08. The van der Waals surface area contributed by atoms with E-state index in [1.54, 1.807) is 6.21 Å². The van der Waals surface area contributed by atoms with Crippen LogP contribution in [-0.2, 0) is 0 Å². The van der Waals surface area contributed by atoms with E-state index in [0.29, 0.717) is 0 Å². The molecule has 0 heterocycles. The minimum absolute atomic E-state index is 0.837. The van der Waals surface area contributed by atoms with Gasteiger partial charge in [0.05, 0.1) is 0 Å². The van der Waals surface area contributed by atoms with Crippen molar-refractivity contribution in [3.63, 3.8) is 0 Å². The Balaban J connectivity index is 3.17. The number of hydrogen-bond donors (Lipinski definition) is 1. The first-order valence-electron chi connectivity index (χ1n) is 3.07. The molecule has 0 aliphatic rings. The summed E-state index contributed by atoms with van der Waals surface area (Å²) in [6.45, 7) is 2.09. The Bertz CT molecular complexity index is 114. The Morgan fingerprint density at radius 2 is 2.22 bits per heavy atom. The summed E-state index contributed by atoms with van der Waals surface area (Å²) in [4.78, 5) is 3.61. The minimum Gasteiger partial charge on any atom is -0.290 e. The van der Waals surface area contributed by atoms with Crippen molar-refractivity contribution in [2.24, 2.45) is 4.99 Å². The van der Waals surface area contributed by atoms with Gasteiger partial charge in [-0.1, -0.05) is 19.1 Å². The molecule has 9 heavy (non-hydrogen) atoms. The normalized spacial score (nSPS) is 11.2. The molecule has 2 heteroatoms. The number of allylic oxidation sites excluding steroid dienone is 2. The van der Waals surface area contributed by atoms with Crippen molar-refractivity contribution in [2.45, 2.75) is 19.8 Å². The average Bonchev–Trinajstić information content (AvgIpc) is 1.89. The maximum atomic E-state index is 6.54. The van der Waals surface area contributed by atoms with E-state index in [1.807, 2.05) is 6.08 Å². The quantitative estimate of drug-likeness (QED) is 0.338. The monoisotopic (exact) mass is 124 g/mol. The van der Waals surface area contributed by atoms with Crippen LogP contribution in [0.1, 0.15) is 19.8 Å². The fraction of sp³-hybridized carbons (Fsp3) is 0.429. The molecule has 0 amide bonds. The van der Waals surface area contributed by atoms with Crippen LogP contribution >= 0.6 is 0 Å². The van der Waals surface area contributed by atoms with Gasteiger partial charge in [-0.3, -0.25) is 5.41 Å². The lowest BCUT2D eigenvalue weighted by molar-refractivity contribution is 1.21. The van der Waals surface area contributed by atoms with Crippen molar-refractivity contribution >= 4 is 12.6 Å². The summed E-state index contributed by atoms with van der Waals surface area (Å²) >= 11 is 0. The predicted octanol–water partition coefficient (Wildman–Crippen LogP) is 2.02.